The van der Waals surface area contributed by atoms with Crippen molar-refractivity contribution >= 4 is 40.8 Å². The van der Waals surface area contributed by atoms with Gasteiger partial charge in [-0.3, -0.25) is 4.99 Å². The predicted molar refractivity (Wildman–Crippen MR) is 139 cm³/mol. The normalized spacial score (nSPS) is 11.3. The zero-order valence-corrected chi connectivity index (χ0v) is 21.1. The molecule has 0 saturated carbocycles. The summed E-state index contributed by atoms with van der Waals surface area (Å²) in [5.41, 5.74) is 6.02. The molecule has 0 aliphatic rings. The first-order valence-corrected chi connectivity index (χ1v) is 10.3. The zero-order valence-electron chi connectivity index (χ0n) is 18.7. The van der Waals surface area contributed by atoms with Crippen LogP contribution in [-0.2, 0) is 17.7 Å². The van der Waals surface area contributed by atoms with Crippen LogP contribution in [0.15, 0.2) is 47.6 Å². The van der Waals surface area contributed by atoms with Crippen LogP contribution in [0.3, 0.4) is 0 Å². The van der Waals surface area contributed by atoms with Gasteiger partial charge in [-0.25, -0.2) is 0 Å². The largest absolute Gasteiger partial charge is 0.491 e. The summed E-state index contributed by atoms with van der Waals surface area (Å²) in [5.74, 6) is 1.65. The van der Waals surface area contributed by atoms with E-state index in [9.17, 15) is 0 Å². The number of hydrogen-bond acceptors (Lipinski definition) is 3. The second-order valence-corrected chi connectivity index (χ2v) is 7.42. The molecule has 0 fully saturated rings. The molecule has 0 spiro atoms. The Labute approximate surface area is 201 Å². The number of benzene rings is 2. The van der Waals surface area contributed by atoms with Gasteiger partial charge in [0.05, 0.1) is 6.61 Å². The summed E-state index contributed by atoms with van der Waals surface area (Å²) in [7, 11) is 3.46. The van der Waals surface area contributed by atoms with Crippen LogP contribution in [0.5, 0.6) is 5.75 Å². The lowest BCUT2D eigenvalue weighted by molar-refractivity contribution is 0.145. The number of nitrogens with zero attached hydrogens (tertiary/aromatic N) is 1. The van der Waals surface area contributed by atoms with E-state index in [0.717, 1.165) is 30.2 Å². The Hall–Kier alpha value is -2.26. The van der Waals surface area contributed by atoms with Crippen LogP contribution in [0, 0.1) is 13.8 Å². The maximum Gasteiger partial charge on any atom is 0.191 e. The molecule has 168 valence electrons. The van der Waals surface area contributed by atoms with E-state index in [-0.39, 0.29) is 24.0 Å². The number of fused-ring (bicyclic) bond motifs is 1. The number of methoxy groups -OCH3 is 1. The van der Waals surface area contributed by atoms with Gasteiger partial charge in [0.25, 0.3) is 0 Å². The molecule has 0 atom stereocenters. The molecule has 0 saturated heterocycles. The predicted octanol–water partition coefficient (Wildman–Crippen LogP) is 4.34. The lowest BCUT2D eigenvalue weighted by Crippen LogP contribution is -2.37. The first-order chi connectivity index (χ1) is 14.6. The van der Waals surface area contributed by atoms with E-state index in [2.05, 4.69) is 77.1 Å². The molecule has 31 heavy (non-hydrogen) atoms. The Balaban J connectivity index is 0.00000341. The third-order valence-corrected chi connectivity index (χ3v) is 5.05. The molecule has 0 bridgehead atoms. The molecule has 7 heteroatoms. The Kier molecular flexibility index (Phi) is 10.1. The van der Waals surface area contributed by atoms with Crippen molar-refractivity contribution in [2.45, 2.75) is 26.8 Å². The molecule has 3 aromatic rings. The molecule has 2 aromatic carbocycles. The minimum atomic E-state index is 0. The van der Waals surface area contributed by atoms with Crippen LogP contribution >= 0.6 is 24.0 Å². The van der Waals surface area contributed by atoms with E-state index in [1.165, 1.54) is 27.6 Å². The van der Waals surface area contributed by atoms with Gasteiger partial charge in [0.1, 0.15) is 12.4 Å². The quantitative estimate of drug-likeness (QED) is 0.165. The van der Waals surface area contributed by atoms with Gasteiger partial charge in [-0.05, 0) is 49.1 Å². The molecule has 6 nitrogen and oxygen atoms in total. The van der Waals surface area contributed by atoms with Crippen LogP contribution in [0.2, 0.25) is 0 Å². The highest BCUT2D eigenvalue weighted by Gasteiger charge is 2.07. The highest BCUT2D eigenvalue weighted by molar-refractivity contribution is 14.0. The number of rotatable bonds is 9. The monoisotopic (exact) mass is 536 g/mol. The van der Waals surface area contributed by atoms with Crippen molar-refractivity contribution in [3.05, 3.63) is 64.8 Å². The molecule has 3 rings (SSSR count). The number of halogens is 1. The van der Waals surface area contributed by atoms with Gasteiger partial charge in [-0.15, -0.1) is 24.0 Å². The minimum Gasteiger partial charge on any atom is -0.491 e. The van der Waals surface area contributed by atoms with Crippen molar-refractivity contribution in [1.82, 2.24) is 15.6 Å². The van der Waals surface area contributed by atoms with Gasteiger partial charge >= 0.3 is 0 Å². The van der Waals surface area contributed by atoms with Gasteiger partial charge in [-0.2, -0.15) is 0 Å². The number of nitrogens with one attached hydrogen (secondary N) is 3. The van der Waals surface area contributed by atoms with Crippen LogP contribution in [0.25, 0.3) is 10.9 Å². The molecule has 1 aromatic heterocycles. The van der Waals surface area contributed by atoms with Crippen molar-refractivity contribution in [3.8, 4) is 5.75 Å². The van der Waals surface area contributed by atoms with E-state index in [1.807, 2.05) is 0 Å². The number of aromatic nitrogens is 1. The Morgan fingerprint density at radius 1 is 1.00 bits per heavy atom. The van der Waals surface area contributed by atoms with E-state index in [0.29, 0.717) is 19.8 Å². The first kappa shape index (κ1) is 25.0. The Morgan fingerprint density at radius 3 is 2.55 bits per heavy atom. The van der Waals surface area contributed by atoms with Crippen LogP contribution < -0.4 is 15.4 Å². The number of guanidine groups is 1. The average molecular weight is 536 g/mol. The highest BCUT2D eigenvalue weighted by atomic mass is 127. The van der Waals surface area contributed by atoms with Crippen LogP contribution in [0.1, 0.15) is 22.3 Å². The molecular formula is C24H33IN4O2. The molecule has 1 heterocycles. The highest BCUT2D eigenvalue weighted by Crippen LogP contribution is 2.21. The van der Waals surface area contributed by atoms with E-state index >= 15 is 0 Å². The third-order valence-electron chi connectivity index (χ3n) is 5.05. The summed E-state index contributed by atoms with van der Waals surface area (Å²) >= 11 is 0. The smallest absolute Gasteiger partial charge is 0.191 e. The van der Waals surface area contributed by atoms with Crippen LogP contribution in [-0.4, -0.2) is 44.9 Å². The molecule has 0 aliphatic heterocycles. The number of ether oxygens (including phenoxy) is 2. The van der Waals surface area contributed by atoms with Crippen LogP contribution in [0.4, 0.5) is 0 Å². The molecular weight excluding hydrogens is 503 g/mol. The second-order valence-electron chi connectivity index (χ2n) is 7.42. The first-order valence-electron chi connectivity index (χ1n) is 10.3. The number of aliphatic imine (C=N–C) groups is 1. The summed E-state index contributed by atoms with van der Waals surface area (Å²) in [6.45, 7) is 6.70. The van der Waals surface area contributed by atoms with E-state index in [4.69, 9.17) is 9.47 Å². The summed E-state index contributed by atoms with van der Waals surface area (Å²) < 4.78 is 11.0. The Bertz CT molecular complexity index is 1000. The number of hydrogen-bond donors (Lipinski definition) is 3. The molecule has 0 radical (unpaired) electrons. The van der Waals surface area contributed by atoms with E-state index in [1.54, 1.807) is 14.2 Å². The second kappa shape index (κ2) is 12.6. The summed E-state index contributed by atoms with van der Waals surface area (Å²) in [4.78, 5) is 7.71. The molecule has 0 aliphatic carbocycles. The zero-order chi connectivity index (χ0) is 21.3. The maximum atomic E-state index is 5.87. The van der Waals surface area contributed by atoms with Crippen molar-refractivity contribution in [1.29, 1.82) is 0 Å². The summed E-state index contributed by atoms with van der Waals surface area (Å²) in [5, 5.41) is 8.06. The van der Waals surface area contributed by atoms with Gasteiger partial charge in [0.15, 0.2) is 5.96 Å². The molecule has 3 N–H and O–H groups in total. The standard InChI is InChI=1S/C24H32N4O2.HI/c1-17-6-8-21-19(15-27-22(21)13-17)9-10-26-24(25-3)28-16-20-7-5-18(2)14-23(20)30-12-11-29-4;/h5-8,13-15,27H,9-12,16H2,1-4H3,(H2,25,26,28);1H. The fourth-order valence-electron chi connectivity index (χ4n) is 3.40. The SMILES string of the molecule is CN=C(NCCc1c[nH]c2cc(C)ccc12)NCc1ccc(C)cc1OCCOC.I. The van der Waals surface area contributed by atoms with Gasteiger partial charge in [0, 0.05) is 49.9 Å². The number of aromatic amines is 1. The fraction of sp³-hybridized carbons (Fsp3) is 0.375. The number of H-pyrrole nitrogens is 1. The Morgan fingerprint density at radius 2 is 1.77 bits per heavy atom. The number of aryl methyl sites for hydroxylation is 2. The van der Waals surface area contributed by atoms with Crippen molar-refractivity contribution in [2.75, 3.05) is 33.9 Å². The average Bonchev–Trinajstić information content (AvgIpc) is 3.13. The maximum absolute atomic E-state index is 5.87. The topological polar surface area (TPSA) is 70.7 Å². The van der Waals surface area contributed by atoms with Crippen molar-refractivity contribution in [3.63, 3.8) is 0 Å². The van der Waals surface area contributed by atoms with Crippen molar-refractivity contribution < 1.29 is 9.47 Å². The van der Waals surface area contributed by atoms with E-state index < -0.39 is 0 Å². The summed E-state index contributed by atoms with van der Waals surface area (Å²) in [6.07, 6.45) is 3.01. The third kappa shape index (κ3) is 7.14. The fourth-order valence-corrected chi connectivity index (χ4v) is 3.40. The van der Waals surface area contributed by atoms with Gasteiger partial charge in [-0.1, -0.05) is 24.3 Å². The van der Waals surface area contributed by atoms with Crippen molar-refractivity contribution in [2.24, 2.45) is 4.99 Å². The minimum absolute atomic E-state index is 0. The van der Waals surface area contributed by atoms with Gasteiger partial charge < -0.3 is 25.1 Å². The summed E-state index contributed by atoms with van der Waals surface area (Å²) in [6, 6.07) is 12.8. The molecule has 0 unspecified atom stereocenters. The lowest BCUT2D eigenvalue weighted by Gasteiger charge is -2.15. The lowest BCUT2D eigenvalue weighted by atomic mass is 10.1. The van der Waals surface area contributed by atoms with Gasteiger partial charge in [0.2, 0.25) is 0 Å². The molecule has 0 amide bonds.